The first kappa shape index (κ1) is 18.5. The molecule has 2 aromatic rings. The molecular weight excluding hydrogens is 330 g/mol. The maximum Gasteiger partial charge on any atom is 0.360 e. The molecular formula is C20H27N3O3. The van der Waals surface area contributed by atoms with E-state index in [4.69, 9.17) is 9.26 Å². The standard InChI is InChI=1S/C20H27N3O3/c1-3-25-20(24)19-13-18(26-22-19)14-21-15(2)16-7-9-17(10-8-16)23-11-5-4-6-12-23/h7-10,13,15,21H,3-6,11-12,14H2,1-2H3. The van der Waals surface area contributed by atoms with Gasteiger partial charge in [0, 0.05) is 30.9 Å². The largest absolute Gasteiger partial charge is 0.461 e. The summed E-state index contributed by atoms with van der Waals surface area (Å²) >= 11 is 0. The summed E-state index contributed by atoms with van der Waals surface area (Å²) in [4.78, 5) is 14.1. The first-order chi connectivity index (χ1) is 12.7. The lowest BCUT2D eigenvalue weighted by molar-refractivity contribution is 0.0514. The first-order valence-corrected chi connectivity index (χ1v) is 9.38. The highest BCUT2D eigenvalue weighted by Crippen LogP contribution is 2.22. The molecule has 1 aliphatic rings. The minimum Gasteiger partial charge on any atom is -0.461 e. The van der Waals surface area contributed by atoms with Crippen molar-refractivity contribution in [3.63, 3.8) is 0 Å². The maximum atomic E-state index is 11.6. The van der Waals surface area contributed by atoms with Crippen molar-refractivity contribution in [3.8, 4) is 0 Å². The molecule has 6 heteroatoms. The number of piperidine rings is 1. The van der Waals surface area contributed by atoms with Crippen LogP contribution in [0.3, 0.4) is 0 Å². The molecule has 2 heterocycles. The third-order valence-electron chi connectivity index (χ3n) is 4.74. The van der Waals surface area contributed by atoms with Crippen LogP contribution >= 0.6 is 0 Å². The van der Waals surface area contributed by atoms with E-state index in [2.05, 4.69) is 46.6 Å². The molecule has 1 aromatic carbocycles. The van der Waals surface area contributed by atoms with Crippen LogP contribution < -0.4 is 10.2 Å². The highest BCUT2D eigenvalue weighted by Gasteiger charge is 2.15. The van der Waals surface area contributed by atoms with E-state index >= 15 is 0 Å². The molecule has 26 heavy (non-hydrogen) atoms. The van der Waals surface area contributed by atoms with E-state index < -0.39 is 5.97 Å². The molecule has 0 saturated carbocycles. The lowest BCUT2D eigenvalue weighted by Crippen LogP contribution is -2.29. The van der Waals surface area contributed by atoms with Gasteiger partial charge in [0.25, 0.3) is 0 Å². The van der Waals surface area contributed by atoms with Crippen LogP contribution in [-0.2, 0) is 11.3 Å². The number of anilines is 1. The summed E-state index contributed by atoms with van der Waals surface area (Å²) in [6.07, 6.45) is 3.91. The number of esters is 1. The normalized spacial score (nSPS) is 15.7. The van der Waals surface area contributed by atoms with Crippen LogP contribution in [0.2, 0.25) is 0 Å². The molecule has 3 rings (SSSR count). The zero-order valence-corrected chi connectivity index (χ0v) is 15.5. The Morgan fingerprint density at radius 1 is 1.27 bits per heavy atom. The van der Waals surface area contributed by atoms with Gasteiger partial charge in [0.15, 0.2) is 11.5 Å². The number of benzene rings is 1. The molecule has 1 N–H and O–H groups in total. The average Bonchev–Trinajstić information content (AvgIpc) is 3.16. The maximum absolute atomic E-state index is 11.6. The third-order valence-corrected chi connectivity index (χ3v) is 4.74. The Labute approximate surface area is 154 Å². The van der Waals surface area contributed by atoms with Gasteiger partial charge in [-0.25, -0.2) is 4.79 Å². The summed E-state index contributed by atoms with van der Waals surface area (Å²) in [5.41, 5.74) is 2.73. The van der Waals surface area contributed by atoms with Crippen molar-refractivity contribution < 1.29 is 14.1 Å². The molecule has 1 fully saturated rings. The molecule has 0 amide bonds. The Morgan fingerprint density at radius 2 is 2.00 bits per heavy atom. The molecule has 1 aromatic heterocycles. The van der Waals surface area contributed by atoms with Crippen LogP contribution in [-0.4, -0.2) is 30.8 Å². The van der Waals surface area contributed by atoms with Crippen molar-refractivity contribution in [1.29, 1.82) is 0 Å². The van der Waals surface area contributed by atoms with Crippen LogP contribution in [0.4, 0.5) is 5.69 Å². The van der Waals surface area contributed by atoms with Gasteiger partial charge in [-0.05, 0) is 50.8 Å². The summed E-state index contributed by atoms with van der Waals surface area (Å²) in [5.74, 6) is 0.161. The van der Waals surface area contributed by atoms with Gasteiger partial charge >= 0.3 is 5.97 Å². The molecule has 140 valence electrons. The minimum absolute atomic E-state index is 0.168. The predicted molar refractivity (Wildman–Crippen MR) is 100 cm³/mol. The van der Waals surface area contributed by atoms with Gasteiger partial charge in [0.2, 0.25) is 0 Å². The third kappa shape index (κ3) is 4.64. The van der Waals surface area contributed by atoms with Crippen molar-refractivity contribution in [2.45, 2.75) is 45.7 Å². The van der Waals surface area contributed by atoms with Crippen LogP contribution in [0.25, 0.3) is 0 Å². The molecule has 1 saturated heterocycles. The Kier molecular flexibility index (Phi) is 6.28. The molecule has 1 aliphatic heterocycles. The number of carbonyl (C=O) groups is 1. The second-order valence-electron chi connectivity index (χ2n) is 6.64. The van der Waals surface area contributed by atoms with E-state index in [1.165, 1.54) is 30.5 Å². The summed E-state index contributed by atoms with van der Waals surface area (Å²) in [5, 5.41) is 7.15. The monoisotopic (exact) mass is 357 g/mol. The van der Waals surface area contributed by atoms with Gasteiger partial charge in [-0.2, -0.15) is 0 Å². The zero-order valence-electron chi connectivity index (χ0n) is 15.5. The van der Waals surface area contributed by atoms with Crippen LogP contribution in [0.1, 0.15) is 61.0 Å². The van der Waals surface area contributed by atoms with Crippen LogP contribution in [0.5, 0.6) is 0 Å². The molecule has 0 aliphatic carbocycles. The van der Waals surface area contributed by atoms with Gasteiger partial charge in [-0.15, -0.1) is 0 Å². The topological polar surface area (TPSA) is 67.6 Å². The van der Waals surface area contributed by atoms with Crippen molar-refractivity contribution >= 4 is 11.7 Å². The summed E-state index contributed by atoms with van der Waals surface area (Å²) < 4.78 is 10.1. The van der Waals surface area contributed by atoms with E-state index in [0.717, 1.165) is 13.1 Å². The predicted octanol–water partition coefficient (Wildman–Crippen LogP) is 3.69. The fourth-order valence-electron chi connectivity index (χ4n) is 3.19. The number of nitrogens with zero attached hydrogens (tertiary/aromatic N) is 2. The Hall–Kier alpha value is -2.34. The van der Waals surface area contributed by atoms with Crippen molar-refractivity contribution in [2.75, 3.05) is 24.6 Å². The summed E-state index contributed by atoms with van der Waals surface area (Å²) in [6.45, 7) is 7.01. The molecule has 1 atom stereocenters. The number of carbonyl (C=O) groups excluding carboxylic acids is 1. The smallest absolute Gasteiger partial charge is 0.360 e. The molecule has 0 bridgehead atoms. The molecule has 1 unspecified atom stereocenters. The van der Waals surface area contributed by atoms with E-state index in [0.29, 0.717) is 18.9 Å². The van der Waals surface area contributed by atoms with E-state index in [1.54, 1.807) is 13.0 Å². The Bertz CT molecular complexity index is 705. The SMILES string of the molecule is CCOC(=O)c1cc(CNC(C)c2ccc(N3CCCCC3)cc2)on1. The van der Waals surface area contributed by atoms with Crippen molar-refractivity contribution in [3.05, 3.63) is 47.3 Å². The van der Waals surface area contributed by atoms with Crippen LogP contribution in [0.15, 0.2) is 34.9 Å². The number of nitrogens with one attached hydrogen (secondary N) is 1. The number of rotatable bonds is 7. The number of hydrogen-bond donors (Lipinski definition) is 1. The molecule has 6 nitrogen and oxygen atoms in total. The zero-order chi connectivity index (χ0) is 18.4. The lowest BCUT2D eigenvalue weighted by Gasteiger charge is -2.29. The van der Waals surface area contributed by atoms with Gasteiger partial charge in [0.05, 0.1) is 13.2 Å². The minimum atomic E-state index is -0.455. The van der Waals surface area contributed by atoms with Gasteiger partial charge < -0.3 is 19.5 Å². The van der Waals surface area contributed by atoms with E-state index in [1.807, 2.05) is 0 Å². The molecule has 0 spiro atoms. The average molecular weight is 357 g/mol. The Morgan fingerprint density at radius 3 is 2.69 bits per heavy atom. The van der Waals surface area contributed by atoms with Gasteiger partial charge in [0.1, 0.15) is 0 Å². The number of aromatic nitrogens is 1. The Balaban J connectivity index is 1.53. The fourth-order valence-corrected chi connectivity index (χ4v) is 3.19. The van der Waals surface area contributed by atoms with E-state index in [-0.39, 0.29) is 11.7 Å². The second kappa shape index (κ2) is 8.85. The van der Waals surface area contributed by atoms with Gasteiger partial charge in [-0.1, -0.05) is 17.3 Å². The van der Waals surface area contributed by atoms with E-state index in [9.17, 15) is 4.79 Å². The second-order valence-corrected chi connectivity index (χ2v) is 6.64. The fraction of sp³-hybridized carbons (Fsp3) is 0.500. The van der Waals surface area contributed by atoms with Crippen molar-refractivity contribution in [1.82, 2.24) is 10.5 Å². The summed E-state index contributed by atoms with van der Waals surface area (Å²) in [7, 11) is 0. The number of hydrogen-bond acceptors (Lipinski definition) is 6. The first-order valence-electron chi connectivity index (χ1n) is 9.38. The summed E-state index contributed by atoms with van der Waals surface area (Å²) in [6, 6.07) is 10.5. The van der Waals surface area contributed by atoms with Crippen molar-refractivity contribution in [2.24, 2.45) is 0 Å². The quantitative estimate of drug-likeness (QED) is 0.762. The molecule has 0 radical (unpaired) electrons. The van der Waals surface area contributed by atoms with Gasteiger partial charge in [-0.3, -0.25) is 0 Å². The highest BCUT2D eigenvalue weighted by atomic mass is 16.5. The number of ether oxygens (including phenoxy) is 1. The lowest BCUT2D eigenvalue weighted by atomic mass is 10.1. The highest BCUT2D eigenvalue weighted by molar-refractivity contribution is 5.87. The van der Waals surface area contributed by atoms with Crippen LogP contribution in [0, 0.1) is 0 Å².